The van der Waals surface area contributed by atoms with E-state index < -0.39 is 11.7 Å². The molecular weight excluding hydrogens is 225 g/mol. The molecule has 0 aliphatic rings. The smallest absolute Gasteiger partial charge is 0.166 e. The highest BCUT2D eigenvalue weighted by molar-refractivity contribution is 5.67. The number of hydrogen-bond acceptors (Lipinski definition) is 0. The van der Waals surface area contributed by atoms with Crippen molar-refractivity contribution in [3.8, 4) is 11.1 Å². The van der Waals surface area contributed by atoms with Crippen LogP contribution in [0.4, 0.5) is 13.2 Å². The Hall–Kier alpha value is -1.77. The third-order valence-electron chi connectivity index (χ3n) is 2.54. The Bertz CT molecular complexity index is 527. The van der Waals surface area contributed by atoms with E-state index in [9.17, 15) is 13.2 Å². The average molecular weight is 235 g/mol. The molecule has 0 nitrogen and oxygen atoms in total. The second-order valence-electron chi connectivity index (χ2n) is 3.81. The van der Waals surface area contributed by atoms with Crippen LogP contribution in [0.1, 0.15) is 11.1 Å². The molecule has 2 aromatic rings. The molecular formula is C14H10F3. The minimum Gasteiger partial charge on any atom is -0.166 e. The number of halogens is 3. The van der Waals surface area contributed by atoms with E-state index in [2.05, 4.69) is 6.07 Å². The van der Waals surface area contributed by atoms with Crippen molar-refractivity contribution < 1.29 is 13.2 Å². The van der Waals surface area contributed by atoms with E-state index in [1.165, 1.54) is 6.07 Å². The summed E-state index contributed by atoms with van der Waals surface area (Å²) in [6.45, 7) is 1.85. The van der Waals surface area contributed by atoms with Gasteiger partial charge in [0.1, 0.15) is 0 Å². The van der Waals surface area contributed by atoms with Gasteiger partial charge in [-0.15, -0.1) is 0 Å². The molecule has 17 heavy (non-hydrogen) atoms. The van der Waals surface area contributed by atoms with Gasteiger partial charge in [0, 0.05) is 0 Å². The minimum absolute atomic E-state index is 0.540. The number of alkyl halides is 3. The monoisotopic (exact) mass is 235 g/mol. The fraction of sp³-hybridized carbons (Fsp3) is 0.143. The third-order valence-corrected chi connectivity index (χ3v) is 2.54. The average Bonchev–Trinajstić information content (AvgIpc) is 2.29. The summed E-state index contributed by atoms with van der Waals surface area (Å²) in [5.41, 5.74) is 1.52. The molecule has 0 saturated carbocycles. The van der Waals surface area contributed by atoms with E-state index in [1.54, 1.807) is 12.1 Å². The van der Waals surface area contributed by atoms with E-state index in [0.29, 0.717) is 11.1 Å². The Labute approximate surface area is 97.7 Å². The van der Waals surface area contributed by atoms with Crippen molar-refractivity contribution in [1.29, 1.82) is 0 Å². The van der Waals surface area contributed by atoms with Crippen LogP contribution in [0.3, 0.4) is 0 Å². The van der Waals surface area contributed by atoms with Gasteiger partial charge in [-0.1, -0.05) is 30.3 Å². The summed E-state index contributed by atoms with van der Waals surface area (Å²) in [5, 5.41) is 0. The topological polar surface area (TPSA) is 0 Å². The number of aryl methyl sites for hydroxylation is 1. The van der Waals surface area contributed by atoms with Gasteiger partial charge >= 0.3 is 6.18 Å². The molecule has 0 spiro atoms. The minimum atomic E-state index is -4.31. The third kappa shape index (κ3) is 2.49. The van der Waals surface area contributed by atoms with Crippen LogP contribution >= 0.6 is 0 Å². The van der Waals surface area contributed by atoms with Crippen LogP contribution in [-0.2, 0) is 6.18 Å². The molecule has 0 saturated heterocycles. The zero-order valence-corrected chi connectivity index (χ0v) is 9.18. The first-order chi connectivity index (χ1) is 7.98. The maximum absolute atomic E-state index is 12.6. The number of benzene rings is 2. The molecule has 0 bridgehead atoms. The van der Waals surface area contributed by atoms with Crippen molar-refractivity contribution in [2.75, 3.05) is 0 Å². The highest BCUT2D eigenvalue weighted by Gasteiger charge is 2.30. The van der Waals surface area contributed by atoms with Crippen molar-refractivity contribution >= 4 is 0 Å². The van der Waals surface area contributed by atoms with Crippen molar-refractivity contribution in [3.05, 3.63) is 59.7 Å². The van der Waals surface area contributed by atoms with Gasteiger partial charge in [-0.3, -0.25) is 0 Å². The highest BCUT2D eigenvalue weighted by atomic mass is 19.4. The Balaban J connectivity index is 2.51. The molecule has 2 rings (SSSR count). The first kappa shape index (κ1) is 11.7. The lowest BCUT2D eigenvalue weighted by Crippen LogP contribution is -2.04. The van der Waals surface area contributed by atoms with Gasteiger partial charge in [-0.25, -0.2) is 0 Å². The lowest BCUT2D eigenvalue weighted by atomic mass is 9.99. The predicted molar refractivity (Wildman–Crippen MR) is 60.5 cm³/mol. The van der Waals surface area contributed by atoms with Crippen molar-refractivity contribution in [2.24, 2.45) is 0 Å². The number of rotatable bonds is 1. The van der Waals surface area contributed by atoms with E-state index in [1.807, 2.05) is 19.1 Å². The van der Waals surface area contributed by atoms with Crippen molar-refractivity contribution in [2.45, 2.75) is 13.1 Å². The second kappa shape index (κ2) is 4.24. The van der Waals surface area contributed by atoms with Crippen molar-refractivity contribution in [1.82, 2.24) is 0 Å². The van der Waals surface area contributed by atoms with Gasteiger partial charge in [0.25, 0.3) is 0 Å². The predicted octanol–water partition coefficient (Wildman–Crippen LogP) is 4.48. The molecule has 0 fully saturated rings. The van der Waals surface area contributed by atoms with Gasteiger partial charge in [-0.2, -0.15) is 13.2 Å². The first-order valence-corrected chi connectivity index (χ1v) is 5.13. The maximum Gasteiger partial charge on any atom is 0.416 e. The molecule has 2 aromatic carbocycles. The summed E-state index contributed by atoms with van der Waals surface area (Å²) < 4.78 is 37.7. The molecule has 87 valence electrons. The quantitative estimate of drug-likeness (QED) is 0.683. The normalized spacial score (nSPS) is 11.5. The van der Waals surface area contributed by atoms with E-state index in [4.69, 9.17) is 0 Å². The Morgan fingerprint density at radius 1 is 1.06 bits per heavy atom. The molecule has 0 N–H and O–H groups in total. The molecule has 0 heterocycles. The van der Waals surface area contributed by atoms with Gasteiger partial charge in [-0.05, 0) is 41.8 Å². The van der Waals surface area contributed by atoms with Crippen LogP contribution in [0.25, 0.3) is 11.1 Å². The molecule has 0 aromatic heterocycles. The molecule has 0 unspecified atom stereocenters. The summed E-state index contributed by atoms with van der Waals surface area (Å²) in [4.78, 5) is 0. The van der Waals surface area contributed by atoms with Gasteiger partial charge < -0.3 is 0 Å². The molecule has 0 aliphatic heterocycles. The van der Waals surface area contributed by atoms with E-state index >= 15 is 0 Å². The second-order valence-corrected chi connectivity index (χ2v) is 3.81. The fourth-order valence-corrected chi connectivity index (χ4v) is 1.68. The zero-order valence-electron chi connectivity index (χ0n) is 9.18. The molecule has 3 heteroatoms. The largest absolute Gasteiger partial charge is 0.416 e. The van der Waals surface area contributed by atoms with Crippen LogP contribution in [-0.4, -0.2) is 0 Å². The lowest BCUT2D eigenvalue weighted by molar-refractivity contribution is -0.137. The summed E-state index contributed by atoms with van der Waals surface area (Å²) in [6.07, 6.45) is -4.31. The van der Waals surface area contributed by atoms with E-state index in [-0.39, 0.29) is 0 Å². The highest BCUT2D eigenvalue weighted by Crippen LogP contribution is 2.32. The van der Waals surface area contributed by atoms with Crippen LogP contribution < -0.4 is 0 Å². The summed E-state index contributed by atoms with van der Waals surface area (Å²) in [7, 11) is 0. The van der Waals surface area contributed by atoms with Crippen LogP contribution in [0.2, 0.25) is 0 Å². The van der Waals surface area contributed by atoms with Crippen LogP contribution in [0, 0.1) is 13.0 Å². The van der Waals surface area contributed by atoms with Crippen LogP contribution in [0.15, 0.2) is 42.5 Å². The fourth-order valence-electron chi connectivity index (χ4n) is 1.68. The Morgan fingerprint density at radius 2 is 1.82 bits per heavy atom. The standard InChI is InChI=1S/C14H10F3/c1-10-5-2-3-8-13(10)11-6-4-7-12(9-11)14(15,16)17/h2-7,9H,1H3. The SMILES string of the molecule is Cc1ccc[c]c1-c1cccc(C(F)(F)F)c1. The number of hydrogen-bond donors (Lipinski definition) is 0. The molecule has 0 atom stereocenters. The molecule has 0 amide bonds. The lowest BCUT2D eigenvalue weighted by Gasteiger charge is -2.10. The van der Waals surface area contributed by atoms with E-state index in [0.717, 1.165) is 17.7 Å². The Kier molecular flexibility index (Phi) is 2.92. The zero-order chi connectivity index (χ0) is 12.5. The van der Waals surface area contributed by atoms with Crippen LogP contribution in [0.5, 0.6) is 0 Å². The summed E-state index contributed by atoms with van der Waals surface area (Å²) in [6, 6.07) is 13.6. The van der Waals surface area contributed by atoms with Crippen molar-refractivity contribution in [3.63, 3.8) is 0 Å². The van der Waals surface area contributed by atoms with Gasteiger partial charge in [0.15, 0.2) is 0 Å². The Morgan fingerprint density at radius 3 is 2.47 bits per heavy atom. The maximum atomic E-state index is 12.6. The first-order valence-electron chi connectivity index (χ1n) is 5.13. The van der Waals surface area contributed by atoms with Gasteiger partial charge in [0.2, 0.25) is 0 Å². The molecule has 1 radical (unpaired) electrons. The summed E-state index contributed by atoms with van der Waals surface area (Å²) in [5.74, 6) is 0. The molecule has 0 aliphatic carbocycles. The van der Waals surface area contributed by atoms with Gasteiger partial charge in [0.05, 0.1) is 5.56 Å². The summed E-state index contributed by atoms with van der Waals surface area (Å²) >= 11 is 0.